The lowest BCUT2D eigenvalue weighted by atomic mass is 10.1. The molecule has 0 radical (unpaired) electrons. The predicted molar refractivity (Wildman–Crippen MR) is 94.1 cm³/mol. The topological polar surface area (TPSA) is 42.0 Å². The van der Waals surface area contributed by atoms with Crippen LogP contribution in [0.15, 0.2) is 52.5 Å². The molecule has 22 heavy (non-hydrogen) atoms. The standard InChI is InChI=1S/C17H11BrN2OS/c18-13-5-6-14-15(9-13)22-17(19-14)20-16(21)12-7-10-3-1-2-4-11(10)8-12/h1-7,9H,8H2,(H,19,20,21). The monoisotopic (exact) mass is 370 g/mol. The maximum atomic E-state index is 12.4. The molecule has 1 aromatic heterocycles. The lowest BCUT2D eigenvalue weighted by Gasteiger charge is -2.01. The molecule has 0 unspecified atom stereocenters. The van der Waals surface area contributed by atoms with Crippen molar-refractivity contribution < 1.29 is 4.79 Å². The molecule has 1 heterocycles. The first-order valence-electron chi connectivity index (χ1n) is 6.85. The molecule has 0 fully saturated rings. The zero-order valence-electron chi connectivity index (χ0n) is 11.5. The molecule has 0 aliphatic heterocycles. The Kier molecular flexibility index (Phi) is 3.32. The third-order valence-electron chi connectivity index (χ3n) is 3.63. The van der Waals surface area contributed by atoms with Gasteiger partial charge < -0.3 is 0 Å². The van der Waals surface area contributed by atoms with Crippen LogP contribution in [0, 0.1) is 0 Å². The molecule has 1 aliphatic rings. The number of anilines is 1. The molecule has 1 N–H and O–H groups in total. The van der Waals surface area contributed by atoms with E-state index in [0.717, 1.165) is 25.8 Å². The van der Waals surface area contributed by atoms with Crippen molar-refractivity contribution in [1.82, 2.24) is 4.98 Å². The Morgan fingerprint density at radius 2 is 2.09 bits per heavy atom. The number of thiazole rings is 1. The second-order valence-electron chi connectivity index (χ2n) is 5.13. The van der Waals surface area contributed by atoms with Crippen LogP contribution in [0.4, 0.5) is 5.13 Å². The quantitative estimate of drug-likeness (QED) is 0.713. The fourth-order valence-corrected chi connectivity index (χ4v) is 3.97. The molecule has 0 bridgehead atoms. The van der Waals surface area contributed by atoms with Crippen molar-refractivity contribution in [2.75, 3.05) is 5.32 Å². The molecule has 4 rings (SSSR count). The summed E-state index contributed by atoms with van der Waals surface area (Å²) in [7, 11) is 0. The molecular weight excluding hydrogens is 360 g/mol. The van der Waals surface area contributed by atoms with Gasteiger partial charge in [0.25, 0.3) is 5.91 Å². The number of aromatic nitrogens is 1. The average molecular weight is 371 g/mol. The number of amides is 1. The molecule has 0 saturated heterocycles. The Balaban J connectivity index is 1.57. The summed E-state index contributed by atoms with van der Waals surface area (Å²) in [4.78, 5) is 16.9. The summed E-state index contributed by atoms with van der Waals surface area (Å²) in [5.41, 5.74) is 4.00. The lowest BCUT2D eigenvalue weighted by Crippen LogP contribution is -2.14. The van der Waals surface area contributed by atoms with E-state index in [4.69, 9.17) is 0 Å². The summed E-state index contributed by atoms with van der Waals surface area (Å²) in [6.07, 6.45) is 2.63. The van der Waals surface area contributed by atoms with Crippen LogP contribution in [-0.2, 0) is 11.2 Å². The first-order chi connectivity index (χ1) is 10.7. The van der Waals surface area contributed by atoms with Gasteiger partial charge in [-0.05, 0) is 35.4 Å². The van der Waals surface area contributed by atoms with Gasteiger partial charge in [-0.25, -0.2) is 4.98 Å². The van der Waals surface area contributed by atoms with E-state index in [2.05, 4.69) is 32.3 Å². The van der Waals surface area contributed by atoms with Crippen molar-refractivity contribution in [3.05, 3.63) is 63.6 Å². The van der Waals surface area contributed by atoms with Crippen LogP contribution in [-0.4, -0.2) is 10.9 Å². The van der Waals surface area contributed by atoms with Crippen LogP contribution in [0.1, 0.15) is 11.1 Å². The fourth-order valence-electron chi connectivity index (χ4n) is 2.56. The van der Waals surface area contributed by atoms with Gasteiger partial charge in [-0.15, -0.1) is 0 Å². The van der Waals surface area contributed by atoms with Crippen LogP contribution in [0.3, 0.4) is 0 Å². The van der Waals surface area contributed by atoms with Crippen molar-refractivity contribution in [3.8, 4) is 0 Å². The SMILES string of the molecule is O=C(Nc1nc2ccc(Br)cc2s1)C1=Cc2ccccc2C1. The van der Waals surface area contributed by atoms with Gasteiger partial charge in [0.15, 0.2) is 5.13 Å². The van der Waals surface area contributed by atoms with Gasteiger partial charge in [0.2, 0.25) is 0 Å². The number of carbonyl (C=O) groups excluding carboxylic acids is 1. The first-order valence-corrected chi connectivity index (χ1v) is 8.46. The normalized spacial score (nSPS) is 13.0. The van der Waals surface area contributed by atoms with E-state index in [9.17, 15) is 4.79 Å². The molecule has 0 saturated carbocycles. The third-order valence-corrected chi connectivity index (χ3v) is 5.06. The maximum absolute atomic E-state index is 12.4. The molecule has 1 aliphatic carbocycles. The van der Waals surface area contributed by atoms with Crippen molar-refractivity contribution >= 4 is 54.6 Å². The van der Waals surface area contributed by atoms with E-state index in [1.807, 2.05) is 42.5 Å². The van der Waals surface area contributed by atoms with Crippen LogP contribution < -0.4 is 5.32 Å². The van der Waals surface area contributed by atoms with Crippen LogP contribution in [0.25, 0.3) is 16.3 Å². The first kappa shape index (κ1) is 13.7. The molecule has 1 amide bonds. The van der Waals surface area contributed by atoms with Crippen molar-refractivity contribution in [2.45, 2.75) is 6.42 Å². The van der Waals surface area contributed by atoms with Gasteiger partial charge in [0.05, 0.1) is 10.2 Å². The van der Waals surface area contributed by atoms with Gasteiger partial charge in [-0.1, -0.05) is 51.5 Å². The van der Waals surface area contributed by atoms with Crippen molar-refractivity contribution in [1.29, 1.82) is 0 Å². The van der Waals surface area contributed by atoms with Crippen LogP contribution in [0.2, 0.25) is 0 Å². The predicted octanol–water partition coefficient (Wildman–Crippen LogP) is 4.64. The van der Waals surface area contributed by atoms with E-state index in [1.165, 1.54) is 16.9 Å². The number of hydrogen-bond acceptors (Lipinski definition) is 3. The van der Waals surface area contributed by atoms with E-state index in [1.54, 1.807) is 0 Å². The Hall–Kier alpha value is -1.98. The number of halogens is 1. The third kappa shape index (κ3) is 2.46. The molecule has 3 aromatic rings. The van der Waals surface area contributed by atoms with E-state index >= 15 is 0 Å². The maximum Gasteiger partial charge on any atom is 0.253 e. The number of carbonyl (C=O) groups is 1. The largest absolute Gasteiger partial charge is 0.298 e. The molecule has 5 heteroatoms. The smallest absolute Gasteiger partial charge is 0.253 e. The molecule has 108 valence electrons. The van der Waals surface area contributed by atoms with Crippen LogP contribution >= 0.6 is 27.3 Å². The number of benzene rings is 2. The fraction of sp³-hybridized carbons (Fsp3) is 0.0588. The highest BCUT2D eigenvalue weighted by Crippen LogP contribution is 2.30. The van der Waals surface area contributed by atoms with E-state index in [0.29, 0.717) is 11.6 Å². The Labute approximate surface area is 139 Å². The minimum Gasteiger partial charge on any atom is -0.298 e. The summed E-state index contributed by atoms with van der Waals surface area (Å²) < 4.78 is 2.06. The highest BCUT2D eigenvalue weighted by atomic mass is 79.9. The molecule has 2 aromatic carbocycles. The number of fused-ring (bicyclic) bond motifs is 2. The Bertz CT molecular complexity index is 929. The van der Waals surface area contributed by atoms with Crippen molar-refractivity contribution in [3.63, 3.8) is 0 Å². The molecule has 0 atom stereocenters. The zero-order chi connectivity index (χ0) is 15.1. The van der Waals surface area contributed by atoms with Crippen molar-refractivity contribution in [2.24, 2.45) is 0 Å². The van der Waals surface area contributed by atoms with Crippen LogP contribution in [0.5, 0.6) is 0 Å². The van der Waals surface area contributed by atoms with Gasteiger partial charge in [0, 0.05) is 16.5 Å². The number of nitrogens with zero attached hydrogens (tertiary/aromatic N) is 1. The Morgan fingerprint density at radius 3 is 2.95 bits per heavy atom. The summed E-state index contributed by atoms with van der Waals surface area (Å²) >= 11 is 4.93. The highest BCUT2D eigenvalue weighted by Gasteiger charge is 2.19. The Morgan fingerprint density at radius 1 is 1.23 bits per heavy atom. The number of hydrogen-bond donors (Lipinski definition) is 1. The zero-order valence-corrected chi connectivity index (χ0v) is 13.9. The lowest BCUT2D eigenvalue weighted by molar-refractivity contribution is -0.112. The second-order valence-corrected chi connectivity index (χ2v) is 7.08. The average Bonchev–Trinajstić information content (AvgIpc) is 3.09. The molecular formula is C17H11BrN2OS. The van der Waals surface area contributed by atoms with Gasteiger partial charge in [0.1, 0.15) is 0 Å². The minimum absolute atomic E-state index is 0.0747. The number of nitrogens with one attached hydrogen (secondary N) is 1. The molecule has 0 spiro atoms. The summed E-state index contributed by atoms with van der Waals surface area (Å²) in [5.74, 6) is -0.0747. The minimum atomic E-state index is -0.0747. The summed E-state index contributed by atoms with van der Waals surface area (Å²) in [6, 6.07) is 14.0. The summed E-state index contributed by atoms with van der Waals surface area (Å²) in [6.45, 7) is 0. The van der Waals surface area contributed by atoms with E-state index < -0.39 is 0 Å². The summed E-state index contributed by atoms with van der Waals surface area (Å²) in [5, 5.41) is 3.55. The number of rotatable bonds is 2. The van der Waals surface area contributed by atoms with Gasteiger partial charge >= 0.3 is 0 Å². The van der Waals surface area contributed by atoms with Gasteiger partial charge in [-0.2, -0.15) is 0 Å². The van der Waals surface area contributed by atoms with E-state index in [-0.39, 0.29) is 5.91 Å². The van der Waals surface area contributed by atoms with Gasteiger partial charge in [-0.3, -0.25) is 10.1 Å². The second kappa shape index (κ2) is 5.34. The highest BCUT2D eigenvalue weighted by molar-refractivity contribution is 9.10. The molecule has 3 nitrogen and oxygen atoms in total.